The predicted molar refractivity (Wildman–Crippen MR) is 123 cm³/mol. The average molecular weight is 399 g/mol. The molecule has 3 aliphatic rings. The highest BCUT2D eigenvalue weighted by Crippen LogP contribution is 2.64. The molecule has 7 rings (SSSR count). The van der Waals surface area contributed by atoms with Crippen LogP contribution >= 0.6 is 0 Å². The van der Waals surface area contributed by atoms with Crippen LogP contribution in [0.5, 0.6) is 0 Å². The summed E-state index contributed by atoms with van der Waals surface area (Å²) in [6.45, 7) is 0.0129. The molecule has 30 heavy (non-hydrogen) atoms. The Morgan fingerprint density at radius 3 is 2.37 bits per heavy atom. The second-order valence-corrected chi connectivity index (χ2v) is 10.2. The third kappa shape index (κ3) is 1.70. The summed E-state index contributed by atoms with van der Waals surface area (Å²) < 4.78 is 30.1. The van der Waals surface area contributed by atoms with Gasteiger partial charge in [-0.1, -0.05) is 56.0 Å². The Morgan fingerprint density at radius 2 is 1.63 bits per heavy atom. The standard InChI is InChI=1S/C28H31N2/c1-18-9-8-10-20-23-19(2)11-12-21-25(23)30-22(17-29(3)26(30)24(18)20)28-15-6-4-13-27(21,28)14-5-7-16-28/h8-12,17H,4-7,13-16H2,1-3H3/q+1/i2D3. The number of hydrogen-bond donors (Lipinski definition) is 0. The van der Waals surface area contributed by atoms with E-state index in [-0.39, 0.29) is 10.8 Å². The molecule has 0 unspecified atom stereocenters. The molecule has 2 aromatic heterocycles. The summed E-state index contributed by atoms with van der Waals surface area (Å²) in [4.78, 5) is 0. The van der Waals surface area contributed by atoms with Crippen LogP contribution in [0.15, 0.2) is 36.5 Å². The smallest absolute Gasteiger partial charge is 0.232 e. The van der Waals surface area contributed by atoms with E-state index in [0.717, 1.165) is 10.8 Å². The van der Waals surface area contributed by atoms with Gasteiger partial charge in [0.2, 0.25) is 0 Å². The molecule has 0 spiro atoms. The maximum Gasteiger partial charge on any atom is 0.295 e. The topological polar surface area (TPSA) is 8.29 Å². The van der Waals surface area contributed by atoms with Crippen LogP contribution in [-0.2, 0) is 17.9 Å². The van der Waals surface area contributed by atoms with Gasteiger partial charge in [0, 0.05) is 31.3 Å². The first-order chi connectivity index (χ1) is 15.8. The molecular weight excluding hydrogens is 364 g/mol. The van der Waals surface area contributed by atoms with E-state index in [2.05, 4.69) is 53.4 Å². The van der Waals surface area contributed by atoms with Gasteiger partial charge in [-0.05, 0) is 50.6 Å². The maximum atomic E-state index is 8.42. The Hall–Kier alpha value is -2.35. The fourth-order valence-electron chi connectivity index (χ4n) is 8.02. The zero-order chi connectivity index (χ0) is 22.8. The van der Waals surface area contributed by atoms with Crippen molar-refractivity contribution in [3.8, 4) is 0 Å². The molecule has 0 saturated heterocycles. The Morgan fingerprint density at radius 1 is 0.900 bits per heavy atom. The van der Waals surface area contributed by atoms with Gasteiger partial charge < -0.3 is 0 Å². The molecule has 3 heterocycles. The number of fused-ring (bicyclic) bond motifs is 3. The van der Waals surface area contributed by atoms with Gasteiger partial charge in [-0.15, -0.1) is 0 Å². The van der Waals surface area contributed by atoms with Crippen molar-refractivity contribution in [3.05, 3.63) is 58.9 Å². The number of imidazole rings is 1. The minimum absolute atomic E-state index is 0.126. The molecule has 0 amide bonds. The Balaban J connectivity index is 1.83. The number of aryl methyl sites for hydroxylation is 3. The molecule has 0 radical (unpaired) electrons. The normalized spacial score (nSPS) is 29.6. The molecule has 4 aromatic rings. The minimum Gasteiger partial charge on any atom is -0.232 e. The molecule has 0 N–H and O–H groups in total. The first-order valence-electron chi connectivity index (χ1n) is 13.2. The summed E-state index contributed by atoms with van der Waals surface area (Å²) in [7, 11) is 2.18. The summed E-state index contributed by atoms with van der Waals surface area (Å²) >= 11 is 0. The van der Waals surface area contributed by atoms with Crippen LogP contribution in [0.4, 0.5) is 0 Å². The van der Waals surface area contributed by atoms with Crippen molar-refractivity contribution in [1.82, 2.24) is 4.40 Å². The van der Waals surface area contributed by atoms with Gasteiger partial charge in [-0.2, -0.15) is 4.40 Å². The molecule has 2 nitrogen and oxygen atoms in total. The van der Waals surface area contributed by atoms with Crippen molar-refractivity contribution in [2.75, 3.05) is 0 Å². The Kier molecular flexibility index (Phi) is 2.66. The highest BCUT2D eigenvalue weighted by Gasteiger charge is 2.61. The summed E-state index contributed by atoms with van der Waals surface area (Å²) in [5, 5.41) is 3.23. The van der Waals surface area contributed by atoms with E-state index in [0.29, 0.717) is 5.56 Å². The van der Waals surface area contributed by atoms with Crippen molar-refractivity contribution in [2.45, 2.75) is 76.0 Å². The highest BCUT2D eigenvalue weighted by molar-refractivity contribution is 6.14. The van der Waals surface area contributed by atoms with Gasteiger partial charge >= 0.3 is 0 Å². The second kappa shape index (κ2) is 5.46. The van der Waals surface area contributed by atoms with Crippen LogP contribution in [0, 0.1) is 13.8 Å². The number of aromatic nitrogens is 2. The lowest BCUT2D eigenvalue weighted by atomic mass is 9.46. The molecule has 2 heteroatoms. The number of benzene rings is 2. The van der Waals surface area contributed by atoms with Crippen LogP contribution in [0.1, 0.15) is 77.9 Å². The Bertz CT molecular complexity index is 1480. The summed E-state index contributed by atoms with van der Waals surface area (Å²) in [5.41, 5.74) is 7.23. The van der Waals surface area contributed by atoms with Crippen LogP contribution in [-0.4, -0.2) is 4.40 Å². The average Bonchev–Trinajstić information content (AvgIpc) is 3.15. The number of pyridine rings is 1. The zero-order valence-corrected chi connectivity index (χ0v) is 18.0. The van der Waals surface area contributed by atoms with Crippen molar-refractivity contribution in [3.63, 3.8) is 0 Å². The second-order valence-electron chi connectivity index (χ2n) is 10.2. The highest BCUT2D eigenvalue weighted by atomic mass is 15.1. The van der Waals surface area contributed by atoms with E-state index in [4.69, 9.17) is 4.11 Å². The zero-order valence-electron chi connectivity index (χ0n) is 21.0. The van der Waals surface area contributed by atoms with Crippen LogP contribution in [0.2, 0.25) is 0 Å². The lowest BCUT2D eigenvalue weighted by Gasteiger charge is -2.57. The van der Waals surface area contributed by atoms with Gasteiger partial charge in [-0.3, -0.25) is 0 Å². The summed E-state index contributed by atoms with van der Waals surface area (Å²) in [6.07, 6.45) is 12.4. The molecule has 1 aliphatic heterocycles. The fraction of sp³-hybridized carbons (Fsp3) is 0.464. The largest absolute Gasteiger partial charge is 0.295 e. The Labute approximate surface area is 182 Å². The SMILES string of the molecule is [2H]C([2H])([2H])c1ccc2c3c1c1cccc(C)c1c1n3c(c[n+]1C)C13CCCCC21CCCC3. The van der Waals surface area contributed by atoms with Crippen molar-refractivity contribution < 1.29 is 8.68 Å². The number of nitrogens with zero attached hydrogens (tertiary/aromatic N) is 2. The van der Waals surface area contributed by atoms with Crippen molar-refractivity contribution in [1.29, 1.82) is 0 Å². The first kappa shape index (κ1) is 14.6. The van der Waals surface area contributed by atoms with Gasteiger partial charge in [0.1, 0.15) is 11.7 Å². The molecule has 152 valence electrons. The van der Waals surface area contributed by atoms with Crippen molar-refractivity contribution in [2.24, 2.45) is 7.05 Å². The molecule has 0 bridgehead atoms. The van der Waals surface area contributed by atoms with E-state index in [1.54, 1.807) is 0 Å². The number of hydrogen-bond acceptors (Lipinski definition) is 0. The monoisotopic (exact) mass is 398 g/mol. The third-order valence-electron chi connectivity index (χ3n) is 9.11. The third-order valence-corrected chi connectivity index (χ3v) is 9.11. The lowest BCUT2D eigenvalue weighted by molar-refractivity contribution is -0.643. The minimum atomic E-state index is -2.15. The molecule has 0 atom stereocenters. The van der Waals surface area contributed by atoms with Gasteiger partial charge in [0.25, 0.3) is 5.65 Å². The van der Waals surface area contributed by atoms with E-state index >= 15 is 0 Å². The summed E-state index contributed by atoms with van der Waals surface area (Å²) in [6, 6.07) is 10.6. The lowest BCUT2D eigenvalue weighted by Crippen LogP contribution is -2.56. The van der Waals surface area contributed by atoms with Crippen LogP contribution in [0.3, 0.4) is 0 Å². The number of rotatable bonds is 0. The first-order valence-corrected chi connectivity index (χ1v) is 11.7. The van der Waals surface area contributed by atoms with Gasteiger partial charge in [-0.25, -0.2) is 4.57 Å². The summed E-state index contributed by atoms with van der Waals surface area (Å²) in [5.74, 6) is 0. The molecule has 2 aromatic carbocycles. The molecular formula is C28H31N2+. The van der Waals surface area contributed by atoms with E-state index < -0.39 is 6.85 Å². The van der Waals surface area contributed by atoms with E-state index in [1.807, 2.05) is 6.07 Å². The maximum absolute atomic E-state index is 8.42. The van der Waals surface area contributed by atoms with E-state index in [9.17, 15) is 0 Å². The van der Waals surface area contributed by atoms with Gasteiger partial charge in [0.05, 0.1) is 12.4 Å². The fourth-order valence-corrected chi connectivity index (χ4v) is 8.02. The van der Waals surface area contributed by atoms with E-state index in [1.165, 1.54) is 84.7 Å². The quantitative estimate of drug-likeness (QED) is 0.242. The molecule has 2 saturated carbocycles. The molecule has 2 fully saturated rings. The molecule has 2 aliphatic carbocycles. The van der Waals surface area contributed by atoms with Crippen LogP contribution < -0.4 is 4.57 Å². The predicted octanol–water partition coefficient (Wildman–Crippen LogP) is 6.32. The van der Waals surface area contributed by atoms with Gasteiger partial charge in [0.15, 0.2) is 5.69 Å². The van der Waals surface area contributed by atoms with Crippen molar-refractivity contribution >= 4 is 27.3 Å². The van der Waals surface area contributed by atoms with Crippen LogP contribution in [0.25, 0.3) is 27.3 Å².